The number of aliphatic hydroxyl groups excluding tert-OH is 1. The number of hydrogen-bond donors (Lipinski definition) is 3. The lowest BCUT2D eigenvalue weighted by molar-refractivity contribution is -0.144. The lowest BCUT2D eigenvalue weighted by atomic mass is 10.1. The normalized spacial score (nSPS) is 13.6. The maximum absolute atomic E-state index is 13.5. The topological polar surface area (TPSA) is 149 Å². The van der Waals surface area contributed by atoms with E-state index in [1.165, 1.54) is 4.57 Å². The molecule has 5 rings (SSSR count). The van der Waals surface area contributed by atoms with Crippen molar-refractivity contribution in [3.63, 3.8) is 0 Å². The van der Waals surface area contributed by atoms with Gasteiger partial charge in [0.15, 0.2) is 0 Å². The number of benzene rings is 2. The van der Waals surface area contributed by atoms with E-state index in [4.69, 9.17) is 16.3 Å². The molecule has 0 radical (unpaired) electrons. The predicted octanol–water partition coefficient (Wildman–Crippen LogP) is 3.39. The molecule has 0 aliphatic heterocycles. The average Bonchev–Trinajstić information content (AvgIpc) is 3.72. The quantitative estimate of drug-likeness (QED) is 0.270. The Morgan fingerprint density at radius 1 is 1.00 bits per heavy atom. The zero-order chi connectivity index (χ0) is 27.6. The molecule has 0 spiro atoms. The third-order valence-corrected chi connectivity index (χ3v) is 6.70. The highest BCUT2D eigenvalue weighted by Gasteiger charge is 2.51. The molecule has 1 aliphatic carbocycles. The number of carboxylic acids is 1. The smallest absolute Gasteiger partial charge is 0.354 e. The SMILES string of the molecule is O=C(O)C1(Cn2c(=O)nc(Nc3ccc(Oc4cccc(CO)n4)cc3)n(Cc3ccc(Cl)cc3)c2=O)CC1. The summed E-state index contributed by atoms with van der Waals surface area (Å²) < 4.78 is 7.90. The maximum Gasteiger partial charge on any atom is 0.354 e. The molecule has 0 unspecified atom stereocenters. The number of halogens is 1. The van der Waals surface area contributed by atoms with Gasteiger partial charge in [-0.25, -0.2) is 19.1 Å². The third-order valence-electron chi connectivity index (χ3n) is 6.45. The van der Waals surface area contributed by atoms with Crippen LogP contribution in [0.3, 0.4) is 0 Å². The number of ether oxygens (including phenoxy) is 1. The van der Waals surface area contributed by atoms with E-state index in [0.29, 0.717) is 40.9 Å². The van der Waals surface area contributed by atoms with E-state index in [1.54, 1.807) is 66.7 Å². The van der Waals surface area contributed by atoms with Crippen molar-refractivity contribution in [2.75, 3.05) is 5.32 Å². The number of anilines is 2. The minimum atomic E-state index is -1.13. The Bertz CT molecular complexity index is 1630. The first-order chi connectivity index (χ1) is 18.8. The van der Waals surface area contributed by atoms with Gasteiger partial charge in [0, 0.05) is 23.3 Å². The molecule has 1 saturated carbocycles. The first-order valence-corrected chi connectivity index (χ1v) is 12.5. The van der Waals surface area contributed by atoms with Gasteiger partial charge in [-0.2, -0.15) is 4.98 Å². The lowest BCUT2D eigenvalue weighted by Gasteiger charge is -2.17. The average molecular weight is 550 g/mol. The highest BCUT2D eigenvalue weighted by Crippen LogP contribution is 2.46. The minimum Gasteiger partial charge on any atom is -0.481 e. The maximum atomic E-state index is 13.5. The van der Waals surface area contributed by atoms with E-state index >= 15 is 0 Å². The fourth-order valence-electron chi connectivity index (χ4n) is 4.03. The summed E-state index contributed by atoms with van der Waals surface area (Å²) >= 11 is 6.00. The molecular formula is C27H24ClN5O6. The van der Waals surface area contributed by atoms with Crippen LogP contribution in [0.4, 0.5) is 11.6 Å². The van der Waals surface area contributed by atoms with E-state index in [0.717, 1.165) is 10.1 Å². The Morgan fingerprint density at radius 2 is 1.72 bits per heavy atom. The second-order valence-corrected chi connectivity index (χ2v) is 9.70. The molecule has 200 valence electrons. The van der Waals surface area contributed by atoms with Gasteiger partial charge in [0.1, 0.15) is 5.75 Å². The molecule has 0 amide bonds. The van der Waals surface area contributed by atoms with Crippen LogP contribution in [0.1, 0.15) is 24.1 Å². The van der Waals surface area contributed by atoms with Crippen molar-refractivity contribution in [2.45, 2.75) is 32.5 Å². The predicted molar refractivity (Wildman–Crippen MR) is 143 cm³/mol. The van der Waals surface area contributed by atoms with Crippen molar-refractivity contribution in [3.8, 4) is 11.6 Å². The number of hydrogen-bond acceptors (Lipinski definition) is 8. The van der Waals surface area contributed by atoms with E-state index in [-0.39, 0.29) is 25.6 Å². The molecule has 11 nitrogen and oxygen atoms in total. The monoisotopic (exact) mass is 549 g/mol. The summed E-state index contributed by atoms with van der Waals surface area (Å²) in [4.78, 5) is 46.4. The van der Waals surface area contributed by atoms with Gasteiger partial charge in [0.2, 0.25) is 11.8 Å². The van der Waals surface area contributed by atoms with Crippen LogP contribution in [0.2, 0.25) is 5.02 Å². The minimum absolute atomic E-state index is 0.00218. The van der Waals surface area contributed by atoms with E-state index in [2.05, 4.69) is 15.3 Å². The van der Waals surface area contributed by atoms with Gasteiger partial charge in [-0.15, -0.1) is 0 Å². The number of rotatable bonds is 10. The van der Waals surface area contributed by atoms with E-state index in [1.807, 2.05) is 0 Å². The summed E-state index contributed by atoms with van der Waals surface area (Å²) in [5.74, 6) is -0.240. The Morgan fingerprint density at radius 3 is 2.36 bits per heavy atom. The molecule has 2 aromatic heterocycles. The molecule has 39 heavy (non-hydrogen) atoms. The van der Waals surface area contributed by atoms with Crippen molar-refractivity contribution in [1.82, 2.24) is 19.1 Å². The summed E-state index contributed by atoms with van der Waals surface area (Å²) in [6.07, 6.45) is 0.777. The molecular weight excluding hydrogens is 526 g/mol. The van der Waals surface area contributed by atoms with Crippen LogP contribution in [0.5, 0.6) is 11.6 Å². The van der Waals surface area contributed by atoms with Crippen LogP contribution in [0.15, 0.2) is 76.3 Å². The van der Waals surface area contributed by atoms with Gasteiger partial charge in [0.05, 0.1) is 24.3 Å². The number of nitrogens with one attached hydrogen (secondary N) is 1. The van der Waals surface area contributed by atoms with Crippen LogP contribution in [0.25, 0.3) is 0 Å². The van der Waals surface area contributed by atoms with E-state index < -0.39 is 22.8 Å². The summed E-state index contributed by atoms with van der Waals surface area (Å²) in [5.41, 5.74) is -0.901. The Balaban J connectivity index is 1.45. The second-order valence-electron chi connectivity index (χ2n) is 9.26. The van der Waals surface area contributed by atoms with Crippen LogP contribution < -0.4 is 21.4 Å². The van der Waals surface area contributed by atoms with E-state index in [9.17, 15) is 24.6 Å². The van der Waals surface area contributed by atoms with Crippen LogP contribution >= 0.6 is 11.6 Å². The first kappa shape index (κ1) is 26.1. The number of aromatic nitrogens is 4. The van der Waals surface area contributed by atoms with Crippen LogP contribution in [-0.2, 0) is 24.5 Å². The largest absolute Gasteiger partial charge is 0.481 e. The molecule has 0 atom stereocenters. The molecule has 2 aromatic carbocycles. The standard InChI is InChI=1S/C27H24ClN5O6/c28-18-6-4-17(5-7-18)14-32-24(31-25(37)33(26(32)38)16-27(12-13-27)23(35)36)30-19-8-10-21(11-9-19)39-22-3-1-2-20(15-34)29-22/h1-11,34H,12-16H2,(H,35,36)(H,30,31,37). The molecule has 0 bridgehead atoms. The number of carboxylic acid groups (broad SMARTS) is 1. The van der Waals surface area contributed by atoms with Crippen molar-refractivity contribution in [1.29, 1.82) is 0 Å². The molecule has 12 heteroatoms. The van der Waals surface area contributed by atoms with Gasteiger partial charge < -0.3 is 20.3 Å². The second kappa shape index (κ2) is 10.7. The van der Waals surface area contributed by atoms with Crippen LogP contribution in [0, 0.1) is 5.41 Å². The molecule has 1 fully saturated rings. The summed E-state index contributed by atoms with van der Waals surface area (Å²) in [5, 5.41) is 22.4. The fourth-order valence-corrected chi connectivity index (χ4v) is 4.15. The molecule has 2 heterocycles. The Hall–Kier alpha value is -4.48. The van der Waals surface area contributed by atoms with Gasteiger partial charge in [-0.3, -0.25) is 9.36 Å². The van der Waals surface area contributed by atoms with Crippen molar-refractivity contribution >= 4 is 29.2 Å². The highest BCUT2D eigenvalue weighted by atomic mass is 35.5. The van der Waals surface area contributed by atoms with Gasteiger partial charge in [-0.05, 0) is 60.9 Å². The Labute approximate surface area is 226 Å². The van der Waals surface area contributed by atoms with Gasteiger partial charge >= 0.3 is 17.3 Å². The third kappa shape index (κ3) is 5.84. The van der Waals surface area contributed by atoms with Gasteiger partial charge in [0.25, 0.3) is 0 Å². The van der Waals surface area contributed by atoms with Gasteiger partial charge in [-0.1, -0.05) is 29.8 Å². The van der Waals surface area contributed by atoms with Crippen molar-refractivity contribution in [3.05, 3.63) is 104 Å². The molecule has 4 aromatic rings. The van der Waals surface area contributed by atoms with Crippen molar-refractivity contribution in [2.24, 2.45) is 5.41 Å². The molecule has 3 N–H and O–H groups in total. The Kier molecular flexibility index (Phi) is 7.18. The summed E-state index contributed by atoms with van der Waals surface area (Å²) in [6.45, 7) is -0.383. The molecule has 0 saturated heterocycles. The highest BCUT2D eigenvalue weighted by molar-refractivity contribution is 6.30. The first-order valence-electron chi connectivity index (χ1n) is 12.1. The number of pyridine rings is 1. The summed E-state index contributed by atoms with van der Waals surface area (Å²) in [6, 6.07) is 18.6. The molecule has 1 aliphatic rings. The number of nitrogens with zero attached hydrogens (tertiary/aromatic N) is 4. The zero-order valence-electron chi connectivity index (χ0n) is 20.6. The number of aliphatic hydroxyl groups is 1. The number of carbonyl (C=O) groups is 1. The van der Waals surface area contributed by atoms with Crippen LogP contribution in [-0.4, -0.2) is 35.3 Å². The fraction of sp³-hybridized carbons (Fsp3) is 0.222. The number of aliphatic carboxylic acids is 1. The zero-order valence-corrected chi connectivity index (χ0v) is 21.3. The lowest BCUT2D eigenvalue weighted by Crippen LogP contribution is -2.45. The van der Waals surface area contributed by atoms with Crippen molar-refractivity contribution < 1.29 is 19.7 Å². The summed E-state index contributed by atoms with van der Waals surface area (Å²) in [7, 11) is 0.